The fourth-order valence-electron chi connectivity index (χ4n) is 3.35. The van der Waals surface area contributed by atoms with Crippen LogP contribution in [0.25, 0.3) is 0 Å². The van der Waals surface area contributed by atoms with Crippen LogP contribution in [0.4, 0.5) is 13.2 Å². The number of rotatable bonds is 4. The molecule has 0 unspecified atom stereocenters. The fraction of sp³-hybridized carbons (Fsp3) is 0.611. The molecule has 3 atom stereocenters. The molecule has 0 aromatic heterocycles. The Bertz CT molecular complexity index is 572. The third-order valence-electron chi connectivity index (χ3n) is 4.83. The third-order valence-corrected chi connectivity index (χ3v) is 4.83. The lowest BCUT2D eigenvalue weighted by Gasteiger charge is -2.35. The summed E-state index contributed by atoms with van der Waals surface area (Å²) in [5, 5.41) is 0. The monoisotopic (exact) mass is 342 g/mol. The van der Waals surface area contributed by atoms with Crippen molar-refractivity contribution in [3.05, 3.63) is 35.4 Å². The molecule has 134 valence electrons. The van der Waals surface area contributed by atoms with E-state index in [9.17, 15) is 18.0 Å². The van der Waals surface area contributed by atoms with Gasteiger partial charge in [-0.15, -0.1) is 0 Å². The maximum Gasteiger partial charge on any atom is 0.416 e. The van der Waals surface area contributed by atoms with Gasteiger partial charge in [0.05, 0.1) is 5.56 Å². The van der Waals surface area contributed by atoms with Crippen LogP contribution >= 0.6 is 0 Å². The molecule has 0 radical (unpaired) electrons. The van der Waals surface area contributed by atoms with Gasteiger partial charge in [0, 0.05) is 25.6 Å². The van der Waals surface area contributed by atoms with Crippen LogP contribution in [0.15, 0.2) is 24.3 Å². The Morgan fingerprint density at radius 3 is 2.62 bits per heavy atom. The van der Waals surface area contributed by atoms with Gasteiger partial charge in [-0.1, -0.05) is 25.1 Å². The van der Waals surface area contributed by atoms with Crippen molar-refractivity contribution in [1.29, 1.82) is 0 Å². The first-order chi connectivity index (χ1) is 11.2. The average molecular weight is 342 g/mol. The highest BCUT2D eigenvalue weighted by Gasteiger charge is 2.35. The Balaban J connectivity index is 2.07. The van der Waals surface area contributed by atoms with Crippen molar-refractivity contribution < 1.29 is 18.0 Å². The van der Waals surface area contributed by atoms with E-state index in [2.05, 4.69) is 0 Å². The van der Waals surface area contributed by atoms with Crippen LogP contribution in [-0.4, -0.2) is 29.9 Å². The molecule has 6 heteroatoms. The summed E-state index contributed by atoms with van der Waals surface area (Å²) in [6, 6.07) is 5.51. The minimum Gasteiger partial charge on any atom is -0.342 e. The molecule has 3 nitrogen and oxygen atoms in total. The van der Waals surface area contributed by atoms with Gasteiger partial charge >= 0.3 is 6.18 Å². The zero-order valence-electron chi connectivity index (χ0n) is 14.1. The van der Waals surface area contributed by atoms with Crippen LogP contribution in [0.3, 0.4) is 0 Å². The minimum absolute atomic E-state index is 0.0176. The molecule has 2 N–H and O–H groups in total. The molecular formula is C18H25F3N2O. The van der Waals surface area contributed by atoms with Crippen LogP contribution in [0.5, 0.6) is 0 Å². The Morgan fingerprint density at radius 1 is 1.33 bits per heavy atom. The summed E-state index contributed by atoms with van der Waals surface area (Å²) >= 11 is 0. The minimum atomic E-state index is -4.40. The number of nitrogens with zero attached hydrogens (tertiary/aromatic N) is 1. The molecule has 2 rings (SSSR count). The predicted molar refractivity (Wildman–Crippen MR) is 87.4 cm³/mol. The van der Waals surface area contributed by atoms with Crippen LogP contribution in [-0.2, 0) is 11.0 Å². The number of carbonyl (C=O) groups excluding carboxylic acids is 1. The summed E-state index contributed by atoms with van der Waals surface area (Å²) in [6.07, 6.45) is -2.43. The van der Waals surface area contributed by atoms with Crippen molar-refractivity contribution in [2.45, 2.75) is 51.2 Å². The number of hydrogen-bond acceptors (Lipinski definition) is 2. The first-order valence-corrected chi connectivity index (χ1v) is 8.39. The Kier molecular flexibility index (Phi) is 5.91. The van der Waals surface area contributed by atoms with E-state index in [-0.39, 0.29) is 29.9 Å². The second kappa shape index (κ2) is 7.55. The second-order valence-corrected chi connectivity index (χ2v) is 6.79. The number of carbonyl (C=O) groups is 1. The SMILES string of the molecule is C[C@H](CC(=O)N1CCC[C@H]([C@H](C)N)C1)c1ccccc1C(F)(F)F. The summed E-state index contributed by atoms with van der Waals surface area (Å²) in [5.41, 5.74) is 5.45. The number of alkyl halides is 3. The van der Waals surface area contributed by atoms with Crippen LogP contribution in [0.2, 0.25) is 0 Å². The summed E-state index contributed by atoms with van der Waals surface area (Å²) in [7, 11) is 0. The molecule has 0 aliphatic carbocycles. The summed E-state index contributed by atoms with van der Waals surface area (Å²) < 4.78 is 39.4. The van der Waals surface area contributed by atoms with E-state index in [4.69, 9.17) is 5.73 Å². The quantitative estimate of drug-likeness (QED) is 0.905. The van der Waals surface area contributed by atoms with Crippen molar-refractivity contribution in [3.8, 4) is 0 Å². The van der Waals surface area contributed by atoms with E-state index < -0.39 is 17.7 Å². The molecular weight excluding hydrogens is 317 g/mol. The molecule has 1 amide bonds. The first kappa shape index (κ1) is 18.8. The number of piperidine rings is 1. The second-order valence-electron chi connectivity index (χ2n) is 6.79. The molecule has 0 saturated carbocycles. The Morgan fingerprint density at radius 2 is 2.00 bits per heavy atom. The lowest BCUT2D eigenvalue weighted by Crippen LogP contribution is -2.45. The van der Waals surface area contributed by atoms with Crippen molar-refractivity contribution in [3.63, 3.8) is 0 Å². The lowest BCUT2D eigenvalue weighted by molar-refractivity contribution is -0.139. The predicted octanol–water partition coefficient (Wildman–Crippen LogP) is 3.78. The molecule has 1 heterocycles. The van der Waals surface area contributed by atoms with Crippen molar-refractivity contribution in [2.75, 3.05) is 13.1 Å². The molecule has 1 aromatic rings. The van der Waals surface area contributed by atoms with E-state index in [0.29, 0.717) is 13.1 Å². The number of halogens is 3. The highest BCUT2D eigenvalue weighted by Crippen LogP contribution is 2.36. The van der Waals surface area contributed by atoms with Gasteiger partial charge in [0.2, 0.25) is 5.91 Å². The van der Waals surface area contributed by atoms with Gasteiger partial charge in [0.25, 0.3) is 0 Å². The summed E-state index contributed by atoms with van der Waals surface area (Å²) in [5.74, 6) is -0.309. The molecule has 24 heavy (non-hydrogen) atoms. The van der Waals surface area contributed by atoms with E-state index in [1.54, 1.807) is 17.9 Å². The van der Waals surface area contributed by atoms with Gasteiger partial charge in [-0.3, -0.25) is 4.79 Å². The van der Waals surface area contributed by atoms with Crippen molar-refractivity contribution in [1.82, 2.24) is 4.90 Å². The van der Waals surface area contributed by atoms with E-state index >= 15 is 0 Å². The first-order valence-electron chi connectivity index (χ1n) is 8.39. The lowest BCUT2D eigenvalue weighted by atomic mass is 9.90. The smallest absolute Gasteiger partial charge is 0.342 e. The summed E-state index contributed by atoms with van der Waals surface area (Å²) in [4.78, 5) is 14.3. The van der Waals surface area contributed by atoms with E-state index in [0.717, 1.165) is 18.9 Å². The highest BCUT2D eigenvalue weighted by molar-refractivity contribution is 5.77. The van der Waals surface area contributed by atoms with E-state index in [1.165, 1.54) is 12.1 Å². The zero-order chi connectivity index (χ0) is 17.9. The van der Waals surface area contributed by atoms with Gasteiger partial charge in [0.15, 0.2) is 0 Å². The molecule has 1 fully saturated rings. The topological polar surface area (TPSA) is 46.3 Å². The third kappa shape index (κ3) is 4.50. The molecule has 1 aliphatic heterocycles. The van der Waals surface area contributed by atoms with Gasteiger partial charge in [-0.05, 0) is 43.2 Å². The Labute approximate surface area is 141 Å². The maximum atomic E-state index is 13.1. The number of amides is 1. The van der Waals surface area contributed by atoms with Crippen molar-refractivity contribution in [2.24, 2.45) is 11.7 Å². The van der Waals surface area contributed by atoms with Gasteiger partial charge in [-0.2, -0.15) is 13.2 Å². The van der Waals surface area contributed by atoms with Crippen molar-refractivity contribution >= 4 is 5.91 Å². The zero-order valence-corrected chi connectivity index (χ0v) is 14.1. The molecule has 0 spiro atoms. The number of likely N-dealkylation sites (tertiary alicyclic amines) is 1. The van der Waals surface area contributed by atoms with Gasteiger partial charge in [-0.25, -0.2) is 0 Å². The van der Waals surface area contributed by atoms with Gasteiger partial charge in [0.1, 0.15) is 0 Å². The number of hydrogen-bond donors (Lipinski definition) is 1. The normalized spacial score (nSPS) is 21.4. The molecule has 1 aliphatic rings. The highest BCUT2D eigenvalue weighted by atomic mass is 19.4. The van der Waals surface area contributed by atoms with E-state index in [1.807, 2.05) is 6.92 Å². The van der Waals surface area contributed by atoms with Crippen LogP contribution in [0.1, 0.15) is 50.2 Å². The molecule has 1 saturated heterocycles. The standard InChI is InChI=1S/C18H25F3N2O/c1-12(15-7-3-4-8-16(15)18(19,20)21)10-17(24)23-9-5-6-14(11-23)13(2)22/h3-4,7-8,12-14H,5-6,9-11,22H2,1-2H3/t12-,13+,14+/m1/s1. The fourth-order valence-corrected chi connectivity index (χ4v) is 3.35. The number of benzene rings is 1. The Hall–Kier alpha value is -1.56. The summed E-state index contributed by atoms with van der Waals surface area (Å²) in [6.45, 7) is 4.87. The molecule has 1 aromatic carbocycles. The van der Waals surface area contributed by atoms with Crippen LogP contribution < -0.4 is 5.73 Å². The average Bonchev–Trinajstić information content (AvgIpc) is 2.54. The van der Waals surface area contributed by atoms with Crippen LogP contribution in [0, 0.1) is 5.92 Å². The maximum absolute atomic E-state index is 13.1. The van der Waals surface area contributed by atoms with Gasteiger partial charge < -0.3 is 10.6 Å². The molecule has 0 bridgehead atoms. The number of nitrogens with two attached hydrogens (primary N) is 1. The largest absolute Gasteiger partial charge is 0.416 e.